The fraction of sp³-hybridized carbons (Fsp3) is 0. The molecule has 0 aliphatic heterocycles. The van der Waals surface area contributed by atoms with E-state index in [-0.39, 0.29) is 0 Å². The zero-order chi connectivity index (χ0) is 9.46. The molecule has 12 heavy (non-hydrogen) atoms. The van der Waals surface area contributed by atoms with Gasteiger partial charge in [0, 0.05) is 0 Å². The van der Waals surface area contributed by atoms with Crippen LogP contribution in [0.25, 0.3) is 0 Å². The monoisotopic (exact) mass is 176 g/mol. The van der Waals surface area contributed by atoms with Gasteiger partial charge in [0.25, 0.3) is 0 Å². The minimum atomic E-state index is -1.77. The second-order valence-electron chi connectivity index (χ2n) is 1.77. The smallest absolute Gasteiger partial charge is 0.407 e. The zero-order valence-corrected chi connectivity index (χ0v) is 5.37. The molecular formula is C3H2N3O6. The molecule has 1 aromatic rings. The maximum atomic E-state index is 10.4. The fourth-order valence-corrected chi connectivity index (χ4v) is 0.507. The van der Waals surface area contributed by atoms with Crippen molar-refractivity contribution >= 4 is 0 Å². The van der Waals surface area contributed by atoms with Crippen molar-refractivity contribution in [3.63, 3.8) is 0 Å². The molecule has 0 saturated carbocycles. The predicted octanol–water partition coefficient (Wildman–Crippen LogP) is -3.16. The average Bonchev–Trinajstić information content (AvgIpc) is 2.08. The third-order valence-electron chi connectivity index (χ3n) is 1.07. The molecule has 9 nitrogen and oxygen atoms in total. The van der Waals surface area contributed by atoms with Gasteiger partial charge in [-0.05, 0) is 4.73 Å². The highest BCUT2D eigenvalue weighted by Crippen LogP contribution is 1.57. The maximum Gasteiger partial charge on any atom is 0.407 e. The lowest BCUT2D eigenvalue weighted by Gasteiger charge is -1.96. The van der Waals surface area contributed by atoms with Crippen molar-refractivity contribution in [2.75, 3.05) is 0 Å². The van der Waals surface area contributed by atoms with E-state index in [0.717, 1.165) is 0 Å². The molecular weight excluding hydrogens is 174 g/mol. The van der Waals surface area contributed by atoms with Gasteiger partial charge in [-0.15, -0.1) is 0 Å². The summed E-state index contributed by atoms with van der Waals surface area (Å²) in [6, 6.07) is 0. The number of nitrogens with zero attached hydrogens (tertiary/aromatic N) is 3. The highest BCUT2D eigenvalue weighted by Gasteiger charge is 2.13. The predicted molar refractivity (Wildman–Crippen MR) is 29.7 cm³/mol. The third kappa shape index (κ3) is 0.761. The van der Waals surface area contributed by atoms with Crippen LogP contribution < -0.4 is 17.1 Å². The number of hydrogen-bond donors (Lipinski definition) is 2. The highest BCUT2D eigenvalue weighted by molar-refractivity contribution is 4.67. The molecule has 0 spiro atoms. The molecule has 0 unspecified atom stereocenters. The van der Waals surface area contributed by atoms with Crippen LogP contribution in [0.1, 0.15) is 0 Å². The molecule has 65 valence electrons. The van der Waals surface area contributed by atoms with Gasteiger partial charge in [0.15, 0.2) is 0 Å². The lowest BCUT2D eigenvalue weighted by atomic mass is 11.0. The first-order valence-electron chi connectivity index (χ1n) is 2.54. The van der Waals surface area contributed by atoms with Crippen molar-refractivity contribution in [3.05, 3.63) is 31.5 Å². The molecule has 1 radical (unpaired) electrons. The molecule has 0 atom stereocenters. The highest BCUT2D eigenvalue weighted by atomic mass is 16.6. The number of aromatic nitrogens is 3. The van der Waals surface area contributed by atoms with Crippen LogP contribution in [-0.2, 0) is 5.21 Å². The van der Waals surface area contributed by atoms with Crippen LogP contribution in [0.5, 0.6) is 0 Å². The van der Waals surface area contributed by atoms with E-state index in [4.69, 9.17) is 10.4 Å². The first kappa shape index (κ1) is 7.91. The largest absolute Gasteiger partial charge is 0.420 e. The van der Waals surface area contributed by atoms with E-state index < -0.39 is 31.3 Å². The summed E-state index contributed by atoms with van der Waals surface area (Å²) >= 11 is 0. The molecule has 1 aromatic heterocycles. The SMILES string of the molecule is [O]n1c(=O)n(O)c(=O)n(O)c1=O. The number of hydrogen-bond acceptors (Lipinski definition) is 5. The molecule has 2 N–H and O–H groups in total. The summed E-state index contributed by atoms with van der Waals surface area (Å²) in [6.45, 7) is 0. The van der Waals surface area contributed by atoms with E-state index in [1.807, 2.05) is 0 Å². The second kappa shape index (κ2) is 2.15. The van der Waals surface area contributed by atoms with E-state index in [2.05, 4.69) is 0 Å². The minimum Gasteiger partial charge on any atom is -0.420 e. The first-order chi connectivity index (χ1) is 5.46. The molecule has 0 saturated heterocycles. The van der Waals surface area contributed by atoms with Gasteiger partial charge in [0.2, 0.25) is 0 Å². The van der Waals surface area contributed by atoms with E-state index >= 15 is 0 Å². The van der Waals surface area contributed by atoms with Crippen LogP contribution in [0.3, 0.4) is 0 Å². The van der Waals surface area contributed by atoms with Gasteiger partial charge in [-0.1, -0.05) is 9.46 Å². The first-order valence-corrected chi connectivity index (χ1v) is 2.54. The summed E-state index contributed by atoms with van der Waals surface area (Å²) < 4.78 is -2.25. The van der Waals surface area contributed by atoms with Crippen LogP contribution in [0.2, 0.25) is 0 Å². The Balaban J connectivity index is 4.00. The van der Waals surface area contributed by atoms with Crippen LogP contribution in [0.4, 0.5) is 0 Å². The van der Waals surface area contributed by atoms with Crippen molar-refractivity contribution in [1.29, 1.82) is 0 Å². The summed E-state index contributed by atoms with van der Waals surface area (Å²) in [6.07, 6.45) is 0. The summed E-state index contributed by atoms with van der Waals surface area (Å²) in [5.41, 5.74) is -5.23. The molecule has 9 heteroatoms. The topological polar surface area (TPSA) is 126 Å². The van der Waals surface area contributed by atoms with E-state index in [9.17, 15) is 19.6 Å². The average molecular weight is 176 g/mol. The number of rotatable bonds is 0. The van der Waals surface area contributed by atoms with Crippen LogP contribution in [0.15, 0.2) is 14.4 Å². The summed E-state index contributed by atoms with van der Waals surface area (Å²) in [5, 5.41) is 27.2. The minimum absolute atomic E-state index is 0.686. The van der Waals surface area contributed by atoms with E-state index in [1.165, 1.54) is 0 Å². The quantitative estimate of drug-likeness (QED) is 0.403. The van der Waals surface area contributed by atoms with Crippen molar-refractivity contribution < 1.29 is 15.6 Å². The van der Waals surface area contributed by atoms with Crippen LogP contribution in [0, 0.1) is 0 Å². The molecule has 1 heterocycles. The van der Waals surface area contributed by atoms with E-state index in [1.54, 1.807) is 0 Å². The van der Waals surface area contributed by atoms with E-state index in [0.29, 0.717) is 0 Å². The Labute approximate surface area is 62.4 Å². The molecule has 0 fully saturated rings. The van der Waals surface area contributed by atoms with Crippen molar-refractivity contribution in [1.82, 2.24) is 14.2 Å². The summed E-state index contributed by atoms with van der Waals surface area (Å²) in [5.74, 6) is 0. The Morgan fingerprint density at radius 2 is 1.17 bits per heavy atom. The molecule has 0 aliphatic carbocycles. The van der Waals surface area contributed by atoms with Gasteiger partial charge in [0.05, 0.1) is 0 Å². The Bertz CT molecular complexity index is 375. The van der Waals surface area contributed by atoms with Gasteiger partial charge in [-0.25, -0.2) is 14.4 Å². The van der Waals surface area contributed by atoms with Gasteiger partial charge in [0.1, 0.15) is 0 Å². The molecule has 0 aromatic carbocycles. The zero-order valence-electron chi connectivity index (χ0n) is 5.37. The molecule has 0 bridgehead atoms. The Morgan fingerprint density at radius 3 is 1.50 bits per heavy atom. The Morgan fingerprint density at radius 1 is 0.833 bits per heavy atom. The third-order valence-corrected chi connectivity index (χ3v) is 1.07. The van der Waals surface area contributed by atoms with Crippen LogP contribution in [-0.4, -0.2) is 24.6 Å². The van der Waals surface area contributed by atoms with Crippen molar-refractivity contribution in [3.8, 4) is 0 Å². The van der Waals surface area contributed by atoms with Crippen molar-refractivity contribution in [2.24, 2.45) is 0 Å². The van der Waals surface area contributed by atoms with Gasteiger partial charge < -0.3 is 10.4 Å². The Kier molecular flexibility index (Phi) is 1.42. The summed E-state index contributed by atoms with van der Waals surface area (Å²) in [4.78, 5) is 31.2. The fourth-order valence-electron chi connectivity index (χ4n) is 0.507. The standard InChI is InChI=1S/C3H2N3O6/c7-1-4(10)2(8)6(12)3(9)5(1)11/h10-11H. The van der Waals surface area contributed by atoms with Gasteiger partial charge >= 0.3 is 17.1 Å². The molecule has 0 aliphatic rings. The lowest BCUT2D eigenvalue weighted by Crippen LogP contribution is -2.52. The maximum absolute atomic E-state index is 10.4. The lowest BCUT2D eigenvalue weighted by molar-refractivity contribution is -0.00225. The van der Waals surface area contributed by atoms with Gasteiger partial charge in [-0.2, -0.15) is 5.21 Å². The van der Waals surface area contributed by atoms with Crippen LogP contribution >= 0.6 is 0 Å². The molecule has 0 amide bonds. The normalized spacial score (nSPS) is 10.0. The van der Waals surface area contributed by atoms with Gasteiger partial charge in [-0.3, -0.25) is 0 Å². The van der Waals surface area contributed by atoms with Crippen molar-refractivity contribution in [2.45, 2.75) is 0 Å². The summed E-state index contributed by atoms with van der Waals surface area (Å²) in [7, 11) is 0. The Hall–Kier alpha value is -2.19. The molecule has 1 rings (SSSR count). The second-order valence-corrected chi connectivity index (χ2v) is 1.77.